The van der Waals surface area contributed by atoms with Gasteiger partial charge in [0.25, 0.3) is 0 Å². The first-order valence-corrected chi connectivity index (χ1v) is 8.63. The molecule has 0 aliphatic rings. The molecular formula is C15H13ClN2OS2. The van der Waals surface area contributed by atoms with Crippen molar-refractivity contribution in [2.75, 3.05) is 11.4 Å². The topological polar surface area (TPSA) is 33.2 Å². The number of hydrogen-bond acceptors (Lipinski definition) is 4. The molecule has 0 radical (unpaired) electrons. The molecule has 0 N–H and O–H groups in total. The van der Waals surface area contributed by atoms with Crippen molar-refractivity contribution in [3.8, 4) is 0 Å². The van der Waals surface area contributed by atoms with Crippen LogP contribution >= 0.6 is 34.3 Å². The third kappa shape index (κ3) is 3.10. The van der Waals surface area contributed by atoms with E-state index >= 15 is 0 Å². The number of thiophene rings is 1. The van der Waals surface area contributed by atoms with Gasteiger partial charge in [-0.15, -0.1) is 11.3 Å². The van der Waals surface area contributed by atoms with Crippen LogP contribution in [-0.4, -0.2) is 17.4 Å². The number of anilines is 1. The Kier molecular flexibility index (Phi) is 4.24. The van der Waals surface area contributed by atoms with Crippen molar-refractivity contribution in [2.24, 2.45) is 0 Å². The van der Waals surface area contributed by atoms with Crippen molar-refractivity contribution in [1.29, 1.82) is 0 Å². The van der Waals surface area contributed by atoms with Gasteiger partial charge in [-0.3, -0.25) is 9.69 Å². The van der Waals surface area contributed by atoms with Crippen LogP contribution in [0.4, 0.5) is 5.13 Å². The van der Waals surface area contributed by atoms with Crippen molar-refractivity contribution in [3.63, 3.8) is 0 Å². The molecular weight excluding hydrogens is 324 g/mol. The quantitative estimate of drug-likeness (QED) is 0.697. The number of thiazole rings is 1. The highest BCUT2D eigenvalue weighted by atomic mass is 35.5. The number of fused-ring (bicyclic) bond motifs is 1. The van der Waals surface area contributed by atoms with E-state index in [2.05, 4.69) is 4.98 Å². The van der Waals surface area contributed by atoms with E-state index in [1.165, 1.54) is 11.3 Å². The SMILES string of the molecule is CCN(C(=O)Cc1cccs1)c1nc2cc(Cl)ccc2s1. The van der Waals surface area contributed by atoms with Crippen molar-refractivity contribution >= 4 is 55.5 Å². The molecule has 2 heterocycles. The van der Waals surface area contributed by atoms with Crippen molar-refractivity contribution < 1.29 is 4.79 Å². The summed E-state index contributed by atoms with van der Waals surface area (Å²) < 4.78 is 1.04. The van der Waals surface area contributed by atoms with Crippen LogP contribution in [0.3, 0.4) is 0 Å². The fourth-order valence-electron chi connectivity index (χ4n) is 2.08. The van der Waals surface area contributed by atoms with Crippen molar-refractivity contribution in [1.82, 2.24) is 4.98 Å². The summed E-state index contributed by atoms with van der Waals surface area (Å²) in [6.45, 7) is 2.57. The molecule has 2 aromatic heterocycles. The number of rotatable bonds is 4. The lowest BCUT2D eigenvalue weighted by Crippen LogP contribution is -2.31. The highest BCUT2D eigenvalue weighted by Crippen LogP contribution is 2.30. The van der Waals surface area contributed by atoms with Gasteiger partial charge in [0.1, 0.15) is 0 Å². The molecule has 3 rings (SSSR count). The Balaban J connectivity index is 1.88. The average Bonchev–Trinajstić information content (AvgIpc) is 3.08. The summed E-state index contributed by atoms with van der Waals surface area (Å²) in [4.78, 5) is 19.8. The van der Waals surface area contributed by atoms with Crippen LogP contribution in [0, 0.1) is 0 Å². The number of likely N-dealkylation sites (N-methyl/N-ethyl adjacent to an activating group) is 1. The molecule has 1 amide bonds. The maximum atomic E-state index is 12.5. The first-order chi connectivity index (χ1) is 10.2. The van der Waals surface area contributed by atoms with Crippen LogP contribution in [0.25, 0.3) is 10.2 Å². The zero-order chi connectivity index (χ0) is 14.8. The van der Waals surface area contributed by atoms with Gasteiger partial charge in [-0.2, -0.15) is 0 Å². The predicted molar refractivity (Wildman–Crippen MR) is 90.7 cm³/mol. The minimum atomic E-state index is 0.0742. The van der Waals surface area contributed by atoms with E-state index in [4.69, 9.17) is 11.6 Å². The zero-order valence-corrected chi connectivity index (χ0v) is 13.8. The Labute approximate surface area is 135 Å². The highest BCUT2D eigenvalue weighted by Gasteiger charge is 2.18. The van der Waals surface area contributed by atoms with Gasteiger partial charge in [0, 0.05) is 16.4 Å². The second kappa shape index (κ2) is 6.13. The normalized spacial score (nSPS) is 11.0. The first-order valence-electron chi connectivity index (χ1n) is 6.56. The molecule has 108 valence electrons. The molecule has 0 fully saturated rings. The molecule has 0 bridgehead atoms. The summed E-state index contributed by atoms with van der Waals surface area (Å²) in [6, 6.07) is 9.55. The molecule has 0 spiro atoms. The minimum Gasteiger partial charge on any atom is -0.288 e. The largest absolute Gasteiger partial charge is 0.288 e. The molecule has 0 atom stereocenters. The molecule has 0 unspecified atom stereocenters. The summed E-state index contributed by atoms with van der Waals surface area (Å²) in [5.41, 5.74) is 0.838. The average molecular weight is 337 g/mol. The van der Waals surface area contributed by atoms with Gasteiger partial charge < -0.3 is 0 Å². The van der Waals surface area contributed by atoms with Gasteiger partial charge in [-0.25, -0.2) is 4.98 Å². The molecule has 1 aromatic carbocycles. The van der Waals surface area contributed by atoms with E-state index in [9.17, 15) is 4.79 Å². The predicted octanol–water partition coefficient (Wildman–Crippen LogP) is 4.61. The lowest BCUT2D eigenvalue weighted by molar-refractivity contribution is -0.117. The smallest absolute Gasteiger partial charge is 0.234 e. The van der Waals surface area contributed by atoms with E-state index < -0.39 is 0 Å². The molecule has 0 saturated carbocycles. The minimum absolute atomic E-state index is 0.0742. The third-order valence-electron chi connectivity index (χ3n) is 3.09. The van der Waals surface area contributed by atoms with Gasteiger partial charge in [-0.05, 0) is 36.6 Å². The van der Waals surface area contributed by atoms with Crippen LogP contribution in [0.5, 0.6) is 0 Å². The molecule has 6 heteroatoms. The van der Waals surface area contributed by atoms with E-state index in [0.29, 0.717) is 18.0 Å². The first kappa shape index (κ1) is 14.5. The Morgan fingerprint density at radius 2 is 2.24 bits per heavy atom. The molecule has 0 aliphatic carbocycles. The Bertz CT molecular complexity index is 767. The van der Waals surface area contributed by atoms with E-state index in [1.807, 2.05) is 42.6 Å². The van der Waals surface area contributed by atoms with Gasteiger partial charge >= 0.3 is 0 Å². The van der Waals surface area contributed by atoms with Crippen LogP contribution < -0.4 is 4.90 Å². The van der Waals surface area contributed by atoms with Crippen LogP contribution in [0.2, 0.25) is 5.02 Å². The monoisotopic (exact) mass is 336 g/mol. The van der Waals surface area contributed by atoms with Crippen LogP contribution in [0.15, 0.2) is 35.7 Å². The maximum absolute atomic E-state index is 12.5. The Hall–Kier alpha value is -1.43. The van der Waals surface area contributed by atoms with E-state index in [-0.39, 0.29) is 5.91 Å². The van der Waals surface area contributed by atoms with Gasteiger partial charge in [-0.1, -0.05) is 29.0 Å². The lowest BCUT2D eigenvalue weighted by atomic mass is 10.3. The molecule has 21 heavy (non-hydrogen) atoms. The Morgan fingerprint density at radius 3 is 2.95 bits per heavy atom. The van der Waals surface area contributed by atoms with Crippen molar-refractivity contribution in [2.45, 2.75) is 13.3 Å². The summed E-state index contributed by atoms with van der Waals surface area (Å²) in [7, 11) is 0. The van der Waals surface area contributed by atoms with Crippen molar-refractivity contribution in [3.05, 3.63) is 45.6 Å². The summed E-state index contributed by atoms with van der Waals surface area (Å²) in [5.74, 6) is 0.0742. The van der Waals surface area contributed by atoms with Gasteiger partial charge in [0.2, 0.25) is 5.91 Å². The summed E-state index contributed by atoms with van der Waals surface area (Å²) in [5, 5.41) is 3.38. The molecule has 0 aliphatic heterocycles. The molecule has 3 nitrogen and oxygen atoms in total. The highest BCUT2D eigenvalue weighted by molar-refractivity contribution is 7.22. The fourth-order valence-corrected chi connectivity index (χ4v) is 3.97. The number of halogens is 1. The Morgan fingerprint density at radius 1 is 1.38 bits per heavy atom. The summed E-state index contributed by atoms with van der Waals surface area (Å²) >= 11 is 9.10. The lowest BCUT2D eigenvalue weighted by Gasteiger charge is -2.17. The number of carbonyl (C=O) groups excluding carboxylic acids is 1. The van der Waals surface area contributed by atoms with Gasteiger partial charge in [0.15, 0.2) is 5.13 Å². The second-order valence-electron chi connectivity index (χ2n) is 4.50. The number of benzene rings is 1. The number of nitrogens with zero attached hydrogens (tertiary/aromatic N) is 2. The zero-order valence-electron chi connectivity index (χ0n) is 11.4. The van der Waals surface area contributed by atoms with Crippen LogP contribution in [0.1, 0.15) is 11.8 Å². The maximum Gasteiger partial charge on any atom is 0.234 e. The van der Waals surface area contributed by atoms with Gasteiger partial charge in [0.05, 0.1) is 16.6 Å². The van der Waals surface area contributed by atoms with E-state index in [0.717, 1.165) is 20.2 Å². The number of aromatic nitrogens is 1. The second-order valence-corrected chi connectivity index (χ2v) is 6.98. The molecule has 0 saturated heterocycles. The fraction of sp³-hybridized carbons (Fsp3) is 0.200. The number of amides is 1. The molecule has 3 aromatic rings. The van der Waals surface area contributed by atoms with E-state index in [1.54, 1.807) is 16.2 Å². The number of hydrogen-bond donors (Lipinski definition) is 0. The van der Waals surface area contributed by atoms with Crippen LogP contribution in [-0.2, 0) is 11.2 Å². The standard InChI is InChI=1S/C15H13ClN2OS2/c1-2-18(14(19)9-11-4-3-7-20-11)15-17-12-8-10(16)5-6-13(12)21-15/h3-8H,2,9H2,1H3. The summed E-state index contributed by atoms with van der Waals surface area (Å²) in [6.07, 6.45) is 0.419. The number of carbonyl (C=O) groups is 1. The third-order valence-corrected chi connectivity index (χ3v) is 5.26.